The summed E-state index contributed by atoms with van der Waals surface area (Å²) in [5, 5.41) is 12.3. The first kappa shape index (κ1) is 22.7. The van der Waals surface area contributed by atoms with Crippen molar-refractivity contribution in [2.75, 3.05) is 18.5 Å². The molecule has 0 aromatic heterocycles. The number of hydrogen-bond donors (Lipinski definition) is 2. The smallest absolute Gasteiger partial charge is 0.411 e. The topological polar surface area (TPSA) is 95.9 Å². The summed E-state index contributed by atoms with van der Waals surface area (Å²) >= 11 is 0. The van der Waals surface area contributed by atoms with Crippen molar-refractivity contribution in [3.05, 3.63) is 89.5 Å². The van der Waals surface area contributed by atoms with E-state index in [0.29, 0.717) is 30.6 Å². The molecule has 1 fully saturated rings. The van der Waals surface area contributed by atoms with E-state index >= 15 is 0 Å². The van der Waals surface area contributed by atoms with Crippen LogP contribution in [0.25, 0.3) is 11.1 Å². The molecule has 7 nitrogen and oxygen atoms in total. The third-order valence-electron chi connectivity index (χ3n) is 7.05. The molecule has 0 bridgehead atoms. The molecule has 0 saturated carbocycles. The standard InChI is InChI=1S/C28H26N2O5/c1-28(26(32)33)14-7-15-30(28)25(31)18-8-6-9-19(16-18)29-27(34)35-17-24-22-12-4-2-10-20(22)21-11-3-5-13-23(21)24/h2-6,8-13,16,24H,7,14-15,17H2,1H3,(H,29,34)(H,32,33). The number of carboxylic acid groups (broad SMARTS) is 1. The molecule has 2 N–H and O–H groups in total. The number of carboxylic acids is 1. The molecule has 178 valence electrons. The summed E-state index contributed by atoms with van der Waals surface area (Å²) in [5.41, 5.74) is 4.05. The molecule has 0 radical (unpaired) electrons. The monoisotopic (exact) mass is 470 g/mol. The Kier molecular flexibility index (Phi) is 5.76. The summed E-state index contributed by atoms with van der Waals surface area (Å²) in [6.45, 7) is 2.13. The third kappa shape index (κ3) is 4.03. The minimum absolute atomic E-state index is 0.0510. The number of ether oxygens (including phenoxy) is 1. The van der Waals surface area contributed by atoms with E-state index < -0.39 is 17.6 Å². The van der Waals surface area contributed by atoms with E-state index in [1.807, 2.05) is 24.3 Å². The van der Waals surface area contributed by atoms with Crippen LogP contribution in [0.2, 0.25) is 0 Å². The van der Waals surface area contributed by atoms with Crippen LogP contribution in [-0.2, 0) is 9.53 Å². The molecule has 35 heavy (non-hydrogen) atoms. The van der Waals surface area contributed by atoms with Crippen molar-refractivity contribution in [1.29, 1.82) is 0 Å². The van der Waals surface area contributed by atoms with Crippen LogP contribution in [0, 0.1) is 0 Å². The first-order valence-corrected chi connectivity index (χ1v) is 11.7. The maximum Gasteiger partial charge on any atom is 0.411 e. The fourth-order valence-electron chi connectivity index (χ4n) is 5.15. The number of aliphatic carboxylic acids is 1. The number of hydrogen-bond acceptors (Lipinski definition) is 4. The fraction of sp³-hybridized carbons (Fsp3) is 0.250. The molecule has 1 aliphatic carbocycles. The number of benzene rings is 3. The number of amides is 2. The molecule has 1 unspecified atom stereocenters. The van der Waals surface area contributed by atoms with E-state index in [9.17, 15) is 19.5 Å². The Morgan fingerprint density at radius 2 is 1.66 bits per heavy atom. The normalized spacial score (nSPS) is 18.6. The zero-order valence-electron chi connectivity index (χ0n) is 19.4. The highest BCUT2D eigenvalue weighted by molar-refractivity contribution is 5.99. The van der Waals surface area contributed by atoms with Crippen LogP contribution in [0.5, 0.6) is 0 Å². The number of nitrogens with one attached hydrogen (secondary N) is 1. The molecule has 1 atom stereocenters. The van der Waals surface area contributed by atoms with E-state index in [0.717, 1.165) is 22.3 Å². The molecule has 0 spiro atoms. The van der Waals surface area contributed by atoms with Crippen molar-refractivity contribution >= 4 is 23.7 Å². The van der Waals surface area contributed by atoms with Gasteiger partial charge >= 0.3 is 12.1 Å². The van der Waals surface area contributed by atoms with Gasteiger partial charge in [-0.1, -0.05) is 54.6 Å². The fourth-order valence-corrected chi connectivity index (χ4v) is 5.15. The zero-order chi connectivity index (χ0) is 24.6. The minimum Gasteiger partial charge on any atom is -0.480 e. The maximum absolute atomic E-state index is 13.1. The summed E-state index contributed by atoms with van der Waals surface area (Å²) in [6.07, 6.45) is 0.422. The van der Waals surface area contributed by atoms with E-state index in [1.54, 1.807) is 31.2 Å². The second-order valence-electron chi connectivity index (χ2n) is 9.17. The van der Waals surface area contributed by atoms with Gasteiger partial charge in [0, 0.05) is 23.7 Å². The predicted molar refractivity (Wildman–Crippen MR) is 131 cm³/mol. The Balaban J connectivity index is 1.27. The molecule has 3 aromatic rings. The molecule has 2 amide bonds. The Bertz CT molecular complexity index is 1270. The summed E-state index contributed by atoms with van der Waals surface area (Å²) in [4.78, 5) is 38.8. The lowest BCUT2D eigenvalue weighted by Gasteiger charge is -2.31. The molecular weight excluding hydrogens is 444 g/mol. The lowest BCUT2D eigenvalue weighted by Crippen LogP contribution is -2.50. The molecule has 2 aliphatic rings. The van der Waals surface area contributed by atoms with Gasteiger partial charge < -0.3 is 14.7 Å². The Morgan fingerprint density at radius 3 is 2.31 bits per heavy atom. The average Bonchev–Trinajstić information content (AvgIpc) is 3.41. The number of carbonyl (C=O) groups is 3. The summed E-state index contributed by atoms with van der Waals surface area (Å²) < 4.78 is 5.59. The van der Waals surface area contributed by atoms with Crippen molar-refractivity contribution in [3.8, 4) is 11.1 Å². The lowest BCUT2D eigenvalue weighted by molar-refractivity contribution is -0.147. The summed E-state index contributed by atoms with van der Waals surface area (Å²) in [6, 6.07) is 22.7. The van der Waals surface area contributed by atoms with Crippen LogP contribution in [0.4, 0.5) is 10.5 Å². The van der Waals surface area contributed by atoms with Gasteiger partial charge in [-0.05, 0) is 60.2 Å². The molecular formula is C28H26N2O5. The minimum atomic E-state index is -1.23. The molecule has 5 rings (SSSR count). The van der Waals surface area contributed by atoms with Crippen LogP contribution >= 0.6 is 0 Å². The molecule has 7 heteroatoms. The summed E-state index contributed by atoms with van der Waals surface area (Å²) in [5.74, 6) is -1.44. The van der Waals surface area contributed by atoms with Crippen molar-refractivity contribution in [1.82, 2.24) is 4.90 Å². The van der Waals surface area contributed by atoms with Crippen LogP contribution in [-0.4, -0.2) is 46.7 Å². The first-order valence-electron chi connectivity index (χ1n) is 11.7. The van der Waals surface area contributed by atoms with Crippen LogP contribution in [0.1, 0.15) is 47.2 Å². The highest BCUT2D eigenvalue weighted by Crippen LogP contribution is 2.44. The van der Waals surface area contributed by atoms with Gasteiger partial charge in [-0.15, -0.1) is 0 Å². The number of anilines is 1. The number of fused-ring (bicyclic) bond motifs is 3. The highest BCUT2D eigenvalue weighted by Gasteiger charge is 2.46. The van der Waals surface area contributed by atoms with Gasteiger partial charge in [0.15, 0.2) is 0 Å². The molecule has 3 aromatic carbocycles. The number of rotatable bonds is 5. The highest BCUT2D eigenvalue weighted by atomic mass is 16.5. The molecule has 1 aliphatic heterocycles. The quantitative estimate of drug-likeness (QED) is 0.539. The second-order valence-corrected chi connectivity index (χ2v) is 9.17. The van der Waals surface area contributed by atoms with Crippen molar-refractivity contribution < 1.29 is 24.2 Å². The average molecular weight is 471 g/mol. The van der Waals surface area contributed by atoms with Gasteiger partial charge in [-0.25, -0.2) is 9.59 Å². The number of likely N-dealkylation sites (tertiary alicyclic amines) is 1. The van der Waals surface area contributed by atoms with Crippen molar-refractivity contribution in [2.45, 2.75) is 31.2 Å². The van der Waals surface area contributed by atoms with Gasteiger partial charge in [0.25, 0.3) is 5.91 Å². The lowest BCUT2D eigenvalue weighted by atomic mass is 9.98. The van der Waals surface area contributed by atoms with Crippen molar-refractivity contribution in [2.24, 2.45) is 0 Å². The van der Waals surface area contributed by atoms with Crippen LogP contribution in [0.15, 0.2) is 72.8 Å². The Hall–Kier alpha value is -4.13. The van der Waals surface area contributed by atoms with Crippen LogP contribution < -0.4 is 5.32 Å². The van der Waals surface area contributed by atoms with Gasteiger partial charge in [-0.3, -0.25) is 10.1 Å². The van der Waals surface area contributed by atoms with Gasteiger partial charge in [-0.2, -0.15) is 0 Å². The van der Waals surface area contributed by atoms with E-state index in [4.69, 9.17) is 4.74 Å². The van der Waals surface area contributed by atoms with Gasteiger partial charge in [0.2, 0.25) is 0 Å². The Morgan fingerprint density at radius 1 is 1.00 bits per heavy atom. The first-order chi connectivity index (χ1) is 16.9. The van der Waals surface area contributed by atoms with E-state index in [1.165, 1.54) is 4.90 Å². The van der Waals surface area contributed by atoms with E-state index in [-0.39, 0.29) is 18.4 Å². The predicted octanol–water partition coefficient (Wildman–Crippen LogP) is 5.13. The van der Waals surface area contributed by atoms with Crippen LogP contribution in [0.3, 0.4) is 0 Å². The van der Waals surface area contributed by atoms with Crippen molar-refractivity contribution in [3.63, 3.8) is 0 Å². The second kappa shape index (κ2) is 8.91. The molecule has 1 saturated heterocycles. The van der Waals surface area contributed by atoms with Gasteiger partial charge in [0.1, 0.15) is 12.1 Å². The molecule has 1 heterocycles. The van der Waals surface area contributed by atoms with E-state index in [2.05, 4.69) is 29.6 Å². The maximum atomic E-state index is 13.1. The third-order valence-corrected chi connectivity index (χ3v) is 7.05. The van der Waals surface area contributed by atoms with Gasteiger partial charge in [0.05, 0.1) is 0 Å². The summed E-state index contributed by atoms with van der Waals surface area (Å²) in [7, 11) is 0. The number of nitrogens with zero attached hydrogens (tertiary/aromatic N) is 1. The SMILES string of the molecule is CC1(C(=O)O)CCCN1C(=O)c1cccc(NC(=O)OCC2c3ccccc3-c3ccccc32)c1. The zero-order valence-corrected chi connectivity index (χ0v) is 19.4. The Labute approximate surface area is 203 Å². The number of carbonyl (C=O) groups excluding carboxylic acids is 2. The largest absolute Gasteiger partial charge is 0.480 e.